The minimum absolute atomic E-state index is 0.0100. The first-order valence-corrected chi connectivity index (χ1v) is 10.2. The highest BCUT2D eigenvalue weighted by Gasteiger charge is 2.34. The molecule has 0 saturated heterocycles. The zero-order valence-electron chi connectivity index (χ0n) is 17.5. The quantitative estimate of drug-likeness (QED) is 0.466. The van der Waals surface area contributed by atoms with E-state index in [2.05, 4.69) is 0 Å². The Kier molecular flexibility index (Phi) is 6.29. The van der Waals surface area contributed by atoms with Crippen molar-refractivity contribution in [1.82, 2.24) is 4.57 Å². The number of rotatable bonds is 5. The van der Waals surface area contributed by atoms with Gasteiger partial charge in [-0.1, -0.05) is 31.9 Å². The van der Waals surface area contributed by atoms with Gasteiger partial charge in [0.1, 0.15) is 5.75 Å². The molecule has 0 spiro atoms. The smallest absolute Gasteiger partial charge is 0.416 e. The molecular formula is C23H21ClF3NO4. The van der Waals surface area contributed by atoms with Crippen LogP contribution in [0.2, 0.25) is 5.02 Å². The number of aromatic hydroxyl groups is 1. The lowest BCUT2D eigenvalue weighted by Gasteiger charge is -2.20. The summed E-state index contributed by atoms with van der Waals surface area (Å²) in [5.74, 6) is -3.25. The summed E-state index contributed by atoms with van der Waals surface area (Å²) in [4.78, 5) is 25.5. The first kappa shape index (κ1) is 23.7. The van der Waals surface area contributed by atoms with Crippen LogP contribution in [0.1, 0.15) is 53.4 Å². The second-order valence-corrected chi connectivity index (χ2v) is 8.14. The predicted molar refractivity (Wildman–Crippen MR) is 114 cm³/mol. The van der Waals surface area contributed by atoms with Gasteiger partial charge < -0.3 is 10.2 Å². The molecule has 0 aliphatic heterocycles. The van der Waals surface area contributed by atoms with Gasteiger partial charge in [-0.05, 0) is 54.8 Å². The molecule has 0 bridgehead atoms. The highest BCUT2D eigenvalue weighted by molar-refractivity contribution is 6.33. The first-order valence-electron chi connectivity index (χ1n) is 9.86. The summed E-state index contributed by atoms with van der Waals surface area (Å²) in [7, 11) is 0. The van der Waals surface area contributed by atoms with Gasteiger partial charge in [-0.15, -0.1) is 0 Å². The van der Waals surface area contributed by atoms with Crippen LogP contribution < -0.4 is 0 Å². The Morgan fingerprint density at radius 3 is 2.25 bits per heavy atom. The van der Waals surface area contributed by atoms with E-state index in [-0.39, 0.29) is 27.8 Å². The topological polar surface area (TPSA) is 79.5 Å². The lowest BCUT2D eigenvalue weighted by molar-refractivity contribution is -0.140. The van der Waals surface area contributed by atoms with Crippen LogP contribution in [0.4, 0.5) is 13.2 Å². The summed E-state index contributed by atoms with van der Waals surface area (Å²) in [6.07, 6.45) is -3.99. The summed E-state index contributed by atoms with van der Waals surface area (Å²) in [5, 5.41) is 20.4. The average Bonchev–Trinajstić information content (AvgIpc) is 2.98. The Bertz CT molecular complexity index is 1200. The van der Waals surface area contributed by atoms with Crippen molar-refractivity contribution in [3.63, 3.8) is 0 Å². The normalized spacial score (nSPS) is 13.8. The monoisotopic (exact) mass is 467 g/mol. The number of aliphatic carboxylic acids is 1. The van der Waals surface area contributed by atoms with E-state index in [0.29, 0.717) is 23.1 Å². The average molecular weight is 468 g/mol. The lowest BCUT2D eigenvalue weighted by Crippen LogP contribution is -2.21. The lowest BCUT2D eigenvalue weighted by atomic mass is 9.84. The van der Waals surface area contributed by atoms with Crippen LogP contribution in [0, 0.1) is 12.8 Å². The Morgan fingerprint density at radius 2 is 1.75 bits per heavy atom. The van der Waals surface area contributed by atoms with E-state index in [1.165, 1.54) is 16.7 Å². The third-order valence-electron chi connectivity index (χ3n) is 5.77. The van der Waals surface area contributed by atoms with Crippen LogP contribution in [-0.2, 0) is 11.0 Å². The Hall–Kier alpha value is -3.00. The van der Waals surface area contributed by atoms with E-state index < -0.39 is 29.5 Å². The highest BCUT2D eigenvalue weighted by atomic mass is 35.5. The molecule has 2 unspecified atom stereocenters. The number of phenolic OH excluding ortho intramolecular Hbond substituents is 1. The summed E-state index contributed by atoms with van der Waals surface area (Å²) in [6, 6.07) is 6.43. The van der Waals surface area contributed by atoms with Crippen molar-refractivity contribution in [2.45, 2.75) is 39.3 Å². The molecular weight excluding hydrogens is 447 g/mol. The fourth-order valence-electron chi connectivity index (χ4n) is 3.92. The van der Waals surface area contributed by atoms with Gasteiger partial charge >= 0.3 is 12.1 Å². The van der Waals surface area contributed by atoms with Gasteiger partial charge in [-0.2, -0.15) is 13.2 Å². The molecule has 32 heavy (non-hydrogen) atoms. The molecule has 0 fully saturated rings. The molecule has 0 amide bonds. The maximum Gasteiger partial charge on any atom is 0.416 e. The second-order valence-electron chi connectivity index (χ2n) is 7.74. The molecule has 1 heterocycles. The Morgan fingerprint density at radius 1 is 1.16 bits per heavy atom. The maximum absolute atomic E-state index is 13.3. The van der Waals surface area contributed by atoms with E-state index in [4.69, 9.17) is 11.6 Å². The number of aromatic nitrogens is 1. The molecule has 2 N–H and O–H groups in total. The predicted octanol–water partition coefficient (Wildman–Crippen LogP) is 6.23. The highest BCUT2D eigenvalue weighted by Crippen LogP contribution is 2.41. The van der Waals surface area contributed by atoms with Gasteiger partial charge in [-0.25, -0.2) is 0 Å². The number of nitrogens with zero attached hydrogens (tertiary/aromatic N) is 1. The number of benzene rings is 2. The molecule has 0 radical (unpaired) electrons. The van der Waals surface area contributed by atoms with Gasteiger partial charge in [0, 0.05) is 16.6 Å². The molecule has 1 aromatic heterocycles. The third kappa shape index (κ3) is 4.07. The van der Waals surface area contributed by atoms with E-state index in [1.807, 2.05) is 6.92 Å². The standard InChI is InChI=1S/C23H21ClF3NO4/c1-4-11(2)19(22(31)32)20-12(3)28(17-10-16(24)18(29)9-15(17)20)21(30)13-5-7-14(8-6-13)23(25,26)27/h5-11,19,29H,4H2,1-3H3,(H,31,32). The molecule has 3 rings (SSSR count). The van der Waals surface area contributed by atoms with Crippen molar-refractivity contribution in [3.8, 4) is 5.75 Å². The van der Waals surface area contributed by atoms with E-state index in [1.54, 1.807) is 13.8 Å². The molecule has 9 heteroatoms. The summed E-state index contributed by atoms with van der Waals surface area (Å²) >= 11 is 6.06. The zero-order valence-corrected chi connectivity index (χ0v) is 18.3. The maximum atomic E-state index is 13.3. The molecule has 0 aliphatic rings. The number of alkyl halides is 3. The Labute approximate surface area is 187 Å². The second kappa shape index (κ2) is 8.50. The summed E-state index contributed by atoms with van der Waals surface area (Å²) < 4.78 is 39.9. The van der Waals surface area contributed by atoms with Gasteiger partial charge in [0.2, 0.25) is 0 Å². The first-order chi connectivity index (χ1) is 14.9. The number of halogens is 4. The molecule has 2 atom stereocenters. The van der Waals surface area contributed by atoms with Crippen LogP contribution in [-0.4, -0.2) is 26.7 Å². The molecule has 2 aromatic carbocycles. The van der Waals surface area contributed by atoms with Crippen molar-refractivity contribution >= 4 is 34.4 Å². The van der Waals surface area contributed by atoms with Crippen LogP contribution in [0.15, 0.2) is 36.4 Å². The number of carbonyl (C=O) groups is 2. The Balaban J connectivity index is 2.28. The third-order valence-corrected chi connectivity index (χ3v) is 6.08. The van der Waals surface area contributed by atoms with Gasteiger partial charge in [0.25, 0.3) is 5.91 Å². The van der Waals surface area contributed by atoms with Gasteiger partial charge in [0.15, 0.2) is 0 Å². The molecule has 0 saturated carbocycles. The van der Waals surface area contributed by atoms with Crippen LogP contribution >= 0.6 is 11.6 Å². The minimum atomic E-state index is -4.54. The number of hydrogen-bond donors (Lipinski definition) is 2. The number of fused-ring (bicyclic) bond motifs is 1. The molecule has 5 nitrogen and oxygen atoms in total. The van der Waals surface area contributed by atoms with Crippen LogP contribution in [0.3, 0.4) is 0 Å². The number of phenols is 1. The molecule has 170 valence electrons. The molecule has 3 aromatic rings. The van der Waals surface area contributed by atoms with Crippen LogP contribution in [0.5, 0.6) is 5.75 Å². The van der Waals surface area contributed by atoms with Gasteiger partial charge in [-0.3, -0.25) is 14.2 Å². The van der Waals surface area contributed by atoms with Crippen molar-refractivity contribution < 1.29 is 33.0 Å². The van der Waals surface area contributed by atoms with Crippen molar-refractivity contribution in [1.29, 1.82) is 0 Å². The van der Waals surface area contributed by atoms with Crippen LogP contribution in [0.25, 0.3) is 10.9 Å². The largest absolute Gasteiger partial charge is 0.506 e. The van der Waals surface area contributed by atoms with Crippen molar-refractivity contribution in [2.75, 3.05) is 0 Å². The SMILES string of the molecule is CCC(C)C(C(=O)O)c1c(C)n(C(=O)c2ccc(C(F)(F)F)cc2)c2cc(Cl)c(O)cc12. The fraction of sp³-hybridized carbons (Fsp3) is 0.304. The number of hydrogen-bond acceptors (Lipinski definition) is 3. The van der Waals surface area contributed by atoms with E-state index >= 15 is 0 Å². The number of carboxylic acids is 1. The summed E-state index contributed by atoms with van der Waals surface area (Å²) in [5.41, 5.74) is 0.0387. The minimum Gasteiger partial charge on any atom is -0.506 e. The fourth-order valence-corrected chi connectivity index (χ4v) is 4.08. The number of carbonyl (C=O) groups excluding carboxylic acids is 1. The number of carboxylic acid groups (broad SMARTS) is 1. The zero-order chi connectivity index (χ0) is 24.0. The van der Waals surface area contributed by atoms with Crippen molar-refractivity contribution in [2.24, 2.45) is 5.92 Å². The van der Waals surface area contributed by atoms with E-state index in [0.717, 1.165) is 24.3 Å². The van der Waals surface area contributed by atoms with Gasteiger partial charge in [0.05, 0.1) is 22.0 Å². The van der Waals surface area contributed by atoms with E-state index in [9.17, 15) is 33.0 Å². The summed E-state index contributed by atoms with van der Waals surface area (Å²) in [6.45, 7) is 5.19. The van der Waals surface area contributed by atoms with Crippen molar-refractivity contribution in [3.05, 3.63) is 63.8 Å². The molecule has 0 aliphatic carbocycles.